The Bertz CT molecular complexity index is 809. The van der Waals surface area contributed by atoms with Gasteiger partial charge in [-0.15, -0.1) is 0 Å². The number of nitrogens with one attached hydrogen (secondary N) is 1. The van der Waals surface area contributed by atoms with E-state index in [4.69, 9.17) is 0 Å². The molecule has 1 aliphatic carbocycles. The van der Waals surface area contributed by atoms with Crippen LogP contribution in [0.15, 0.2) is 48.5 Å². The van der Waals surface area contributed by atoms with Crippen LogP contribution in [0.2, 0.25) is 0 Å². The topological polar surface area (TPSA) is 12.0 Å². The molecule has 4 unspecified atom stereocenters. The van der Waals surface area contributed by atoms with E-state index in [0.717, 1.165) is 5.92 Å². The summed E-state index contributed by atoms with van der Waals surface area (Å²) in [5.41, 5.74) is 6.53. The highest BCUT2D eigenvalue weighted by atomic mass is 15.1. The summed E-state index contributed by atoms with van der Waals surface area (Å²) < 4.78 is 0. The molecule has 2 aromatic carbocycles. The van der Waals surface area contributed by atoms with Crippen molar-refractivity contribution >= 4 is 0 Å². The smallest absolute Gasteiger partial charge is 0.0674 e. The maximum Gasteiger partial charge on any atom is 0.0674 e. The van der Waals surface area contributed by atoms with Gasteiger partial charge in [0.05, 0.1) is 5.54 Å². The summed E-state index contributed by atoms with van der Waals surface area (Å²) in [6.07, 6.45) is 3.87. The monoisotopic (exact) mass is 303 g/mol. The van der Waals surface area contributed by atoms with Gasteiger partial charge in [0, 0.05) is 5.54 Å². The van der Waals surface area contributed by atoms with Crippen molar-refractivity contribution in [2.45, 2.75) is 56.5 Å². The molecule has 0 aromatic heterocycles. The first-order valence-electron chi connectivity index (χ1n) is 9.03. The first-order valence-corrected chi connectivity index (χ1v) is 9.03. The zero-order chi connectivity index (χ0) is 15.9. The fraction of sp³-hybridized carbons (Fsp3) is 0.455. The van der Waals surface area contributed by atoms with Gasteiger partial charge in [-0.25, -0.2) is 0 Å². The molecule has 1 saturated carbocycles. The van der Waals surface area contributed by atoms with E-state index in [1.165, 1.54) is 36.0 Å². The van der Waals surface area contributed by atoms with E-state index >= 15 is 0 Å². The Morgan fingerprint density at radius 1 is 0.870 bits per heavy atom. The van der Waals surface area contributed by atoms with Crippen molar-refractivity contribution in [1.29, 1.82) is 0 Å². The summed E-state index contributed by atoms with van der Waals surface area (Å²) in [5, 5.41) is 4.07. The zero-order valence-electron chi connectivity index (χ0n) is 14.3. The molecule has 2 bridgehead atoms. The number of rotatable bonds is 1. The second kappa shape index (κ2) is 4.08. The molecule has 2 aromatic rings. The van der Waals surface area contributed by atoms with Crippen LogP contribution in [0, 0.1) is 5.92 Å². The maximum atomic E-state index is 4.07. The predicted molar refractivity (Wildman–Crippen MR) is 94.5 cm³/mol. The van der Waals surface area contributed by atoms with Gasteiger partial charge in [0.1, 0.15) is 0 Å². The summed E-state index contributed by atoms with van der Waals surface area (Å²) in [6.45, 7) is 7.19. The average Bonchev–Trinajstić information content (AvgIpc) is 3.20. The second-order valence-corrected chi connectivity index (χ2v) is 8.29. The third-order valence-corrected chi connectivity index (χ3v) is 7.11. The molecule has 5 rings (SSSR count). The van der Waals surface area contributed by atoms with Gasteiger partial charge in [0.2, 0.25) is 0 Å². The van der Waals surface area contributed by atoms with E-state index in [1.807, 2.05) is 0 Å². The molecular weight excluding hydrogens is 278 g/mol. The normalized spacial score (nSPS) is 39.7. The van der Waals surface area contributed by atoms with Crippen LogP contribution >= 0.6 is 0 Å². The number of fused-ring (bicyclic) bond motifs is 9. The van der Waals surface area contributed by atoms with Crippen LogP contribution in [-0.4, -0.2) is 0 Å². The van der Waals surface area contributed by atoms with Crippen LogP contribution in [0.5, 0.6) is 0 Å². The third kappa shape index (κ3) is 1.52. The molecule has 23 heavy (non-hydrogen) atoms. The zero-order valence-corrected chi connectivity index (χ0v) is 14.3. The molecule has 0 spiro atoms. The molecule has 4 atom stereocenters. The van der Waals surface area contributed by atoms with Gasteiger partial charge in [-0.05, 0) is 66.7 Å². The Labute approximate surface area is 139 Å². The molecular formula is C22H25N. The van der Waals surface area contributed by atoms with Crippen LogP contribution in [0.3, 0.4) is 0 Å². The molecule has 1 N–H and O–H groups in total. The van der Waals surface area contributed by atoms with E-state index in [-0.39, 0.29) is 11.1 Å². The predicted octanol–water partition coefficient (Wildman–Crippen LogP) is 4.84. The van der Waals surface area contributed by atoms with Crippen molar-refractivity contribution < 1.29 is 0 Å². The van der Waals surface area contributed by atoms with Crippen molar-refractivity contribution in [2.24, 2.45) is 5.92 Å². The number of hydrogen-bond donors (Lipinski definition) is 1. The minimum absolute atomic E-state index is 0.0718. The lowest BCUT2D eigenvalue weighted by atomic mass is 9.76. The van der Waals surface area contributed by atoms with Crippen LogP contribution in [0.1, 0.15) is 62.3 Å². The Morgan fingerprint density at radius 2 is 1.43 bits per heavy atom. The molecule has 1 heteroatoms. The highest BCUT2D eigenvalue weighted by molar-refractivity contribution is 5.56. The SMILES string of the molecule is CCC12CC1CC1(C)NC(C)(c3ccccc31)c1ccccc12. The van der Waals surface area contributed by atoms with Gasteiger partial charge in [-0.2, -0.15) is 0 Å². The first kappa shape index (κ1) is 13.8. The Balaban J connectivity index is 1.85. The number of hydrogen-bond acceptors (Lipinski definition) is 1. The highest BCUT2D eigenvalue weighted by Crippen LogP contribution is 2.65. The van der Waals surface area contributed by atoms with Crippen LogP contribution in [-0.2, 0) is 16.5 Å². The summed E-state index contributed by atoms with van der Waals surface area (Å²) >= 11 is 0. The largest absolute Gasteiger partial charge is 0.294 e. The molecule has 0 amide bonds. The highest BCUT2D eigenvalue weighted by Gasteiger charge is 2.62. The van der Waals surface area contributed by atoms with Crippen LogP contribution < -0.4 is 5.32 Å². The van der Waals surface area contributed by atoms with E-state index in [0.29, 0.717) is 5.41 Å². The van der Waals surface area contributed by atoms with E-state index < -0.39 is 0 Å². The standard InChI is InChI=1S/C22H25N/c1-4-22-14-15(22)13-20(2)16-9-5-6-10-17(16)21(3,23-20)18-11-7-8-12-19(18)22/h5-12,15,23H,4,13-14H2,1-3H3. The lowest BCUT2D eigenvalue weighted by Gasteiger charge is -2.38. The van der Waals surface area contributed by atoms with Gasteiger partial charge in [0.25, 0.3) is 0 Å². The molecule has 3 aliphatic rings. The summed E-state index contributed by atoms with van der Waals surface area (Å²) in [6, 6.07) is 18.3. The Morgan fingerprint density at radius 3 is 2.09 bits per heavy atom. The van der Waals surface area contributed by atoms with Crippen molar-refractivity contribution in [3.63, 3.8) is 0 Å². The summed E-state index contributed by atoms with van der Waals surface area (Å²) in [7, 11) is 0. The third-order valence-electron chi connectivity index (χ3n) is 7.11. The average molecular weight is 303 g/mol. The molecule has 0 radical (unpaired) electrons. The molecule has 0 saturated heterocycles. The minimum Gasteiger partial charge on any atom is -0.294 e. The van der Waals surface area contributed by atoms with Gasteiger partial charge >= 0.3 is 0 Å². The molecule has 1 nitrogen and oxygen atoms in total. The lowest BCUT2D eigenvalue weighted by molar-refractivity contribution is 0.263. The van der Waals surface area contributed by atoms with Gasteiger partial charge in [0.15, 0.2) is 0 Å². The van der Waals surface area contributed by atoms with Crippen molar-refractivity contribution in [3.8, 4) is 0 Å². The lowest BCUT2D eigenvalue weighted by Crippen LogP contribution is -2.47. The summed E-state index contributed by atoms with van der Waals surface area (Å²) in [5.74, 6) is 0.807. The molecule has 118 valence electrons. The van der Waals surface area contributed by atoms with Gasteiger partial charge in [-0.1, -0.05) is 55.5 Å². The number of benzene rings is 2. The van der Waals surface area contributed by atoms with Crippen molar-refractivity contribution in [2.75, 3.05) is 0 Å². The van der Waals surface area contributed by atoms with Crippen molar-refractivity contribution in [1.82, 2.24) is 5.32 Å². The quantitative estimate of drug-likeness (QED) is 0.795. The molecule has 2 heterocycles. The summed E-state index contributed by atoms with van der Waals surface area (Å²) in [4.78, 5) is 0. The first-order chi connectivity index (χ1) is 11.0. The van der Waals surface area contributed by atoms with Gasteiger partial charge < -0.3 is 0 Å². The van der Waals surface area contributed by atoms with Crippen molar-refractivity contribution in [3.05, 3.63) is 70.8 Å². The van der Waals surface area contributed by atoms with Gasteiger partial charge in [-0.3, -0.25) is 5.32 Å². The van der Waals surface area contributed by atoms with E-state index in [2.05, 4.69) is 74.6 Å². The second-order valence-electron chi connectivity index (χ2n) is 8.29. The Kier molecular flexibility index (Phi) is 2.45. The fourth-order valence-corrected chi connectivity index (χ4v) is 5.91. The maximum absolute atomic E-state index is 4.07. The van der Waals surface area contributed by atoms with E-state index in [1.54, 1.807) is 5.56 Å². The molecule has 1 fully saturated rings. The Hall–Kier alpha value is -1.60. The van der Waals surface area contributed by atoms with Crippen LogP contribution in [0.25, 0.3) is 0 Å². The fourth-order valence-electron chi connectivity index (χ4n) is 5.91. The van der Waals surface area contributed by atoms with E-state index in [9.17, 15) is 0 Å². The molecule has 2 aliphatic heterocycles. The van der Waals surface area contributed by atoms with Crippen LogP contribution in [0.4, 0.5) is 0 Å². The minimum atomic E-state index is -0.0718.